The molecular formula is C16H25N5O3. The molecule has 24 heavy (non-hydrogen) atoms. The normalized spacial score (nSPS) is 16.1. The molecule has 0 radical (unpaired) electrons. The largest absolute Gasteiger partial charge is 0.394 e. The molecule has 0 saturated heterocycles. The quantitative estimate of drug-likeness (QED) is 0.767. The van der Waals surface area contributed by atoms with Gasteiger partial charge in [0.2, 0.25) is 5.91 Å². The van der Waals surface area contributed by atoms with E-state index in [1.807, 2.05) is 32.5 Å². The Balaban J connectivity index is 2.01. The lowest BCUT2D eigenvalue weighted by Gasteiger charge is -2.23. The Hall–Kier alpha value is -2.22. The number of carbonyl (C=O) groups excluding carboxylic acids is 2. The Morgan fingerprint density at radius 3 is 2.67 bits per heavy atom. The van der Waals surface area contributed by atoms with Crippen molar-refractivity contribution in [2.45, 2.75) is 46.1 Å². The van der Waals surface area contributed by atoms with Gasteiger partial charge in [0, 0.05) is 31.6 Å². The number of β-amino-alcohol motifs (C(OH)–C–C–N with tert-alkyl or cyclic N) is 1. The number of nitrogens with one attached hydrogen (secondary N) is 1. The van der Waals surface area contributed by atoms with E-state index in [0.717, 1.165) is 17.0 Å². The number of nitrogens with zero attached hydrogens (tertiary/aromatic N) is 4. The summed E-state index contributed by atoms with van der Waals surface area (Å²) >= 11 is 0. The fraction of sp³-hybridized carbons (Fsp3) is 0.625. The van der Waals surface area contributed by atoms with E-state index in [1.54, 1.807) is 0 Å². The number of aromatic nitrogens is 2. The first-order valence-electron chi connectivity index (χ1n) is 8.12. The van der Waals surface area contributed by atoms with Crippen LogP contribution in [-0.4, -0.2) is 56.6 Å². The number of hydrogen-bond donors (Lipinski definition) is 2. The van der Waals surface area contributed by atoms with Crippen LogP contribution in [0.2, 0.25) is 0 Å². The SMILES string of the molecule is Cc1nn(C)c(C)c1CC(C)NC(=O)C1=NN(CCO)C(=O)CC1. The number of carbonyl (C=O) groups is 2. The minimum Gasteiger partial charge on any atom is -0.394 e. The molecular weight excluding hydrogens is 310 g/mol. The van der Waals surface area contributed by atoms with Gasteiger partial charge in [-0.25, -0.2) is 5.01 Å². The van der Waals surface area contributed by atoms with Crippen LogP contribution in [0.3, 0.4) is 0 Å². The minimum atomic E-state index is -0.267. The van der Waals surface area contributed by atoms with Gasteiger partial charge >= 0.3 is 0 Å². The van der Waals surface area contributed by atoms with Crippen molar-refractivity contribution in [1.29, 1.82) is 0 Å². The number of aryl methyl sites for hydroxylation is 2. The third-order valence-electron chi connectivity index (χ3n) is 4.23. The molecule has 2 rings (SSSR count). The fourth-order valence-electron chi connectivity index (χ4n) is 2.81. The molecule has 1 aromatic rings. The molecule has 2 N–H and O–H groups in total. The Kier molecular flexibility index (Phi) is 5.71. The predicted molar refractivity (Wildman–Crippen MR) is 89.5 cm³/mol. The lowest BCUT2D eigenvalue weighted by atomic mass is 10.0. The molecule has 2 heterocycles. The highest BCUT2D eigenvalue weighted by atomic mass is 16.3. The van der Waals surface area contributed by atoms with Gasteiger partial charge in [0.25, 0.3) is 5.91 Å². The van der Waals surface area contributed by atoms with Crippen LogP contribution in [0.15, 0.2) is 5.10 Å². The summed E-state index contributed by atoms with van der Waals surface area (Å²) in [6.45, 7) is 5.83. The van der Waals surface area contributed by atoms with Crippen LogP contribution in [0.4, 0.5) is 0 Å². The van der Waals surface area contributed by atoms with Crippen molar-refractivity contribution in [2.75, 3.05) is 13.2 Å². The summed E-state index contributed by atoms with van der Waals surface area (Å²) in [5.74, 6) is -0.438. The van der Waals surface area contributed by atoms with Crippen molar-refractivity contribution in [3.8, 4) is 0 Å². The van der Waals surface area contributed by atoms with E-state index in [2.05, 4.69) is 15.5 Å². The zero-order chi connectivity index (χ0) is 17.9. The molecule has 1 atom stereocenters. The van der Waals surface area contributed by atoms with Crippen LogP contribution >= 0.6 is 0 Å². The molecule has 8 nitrogen and oxygen atoms in total. The van der Waals surface area contributed by atoms with Crippen LogP contribution in [0, 0.1) is 13.8 Å². The van der Waals surface area contributed by atoms with E-state index < -0.39 is 0 Å². The third kappa shape index (κ3) is 4.00. The van der Waals surface area contributed by atoms with Crippen molar-refractivity contribution in [1.82, 2.24) is 20.1 Å². The van der Waals surface area contributed by atoms with Gasteiger partial charge in [-0.15, -0.1) is 0 Å². The van der Waals surface area contributed by atoms with Gasteiger partial charge in [0.05, 0.1) is 18.8 Å². The van der Waals surface area contributed by atoms with Gasteiger partial charge in [-0.2, -0.15) is 10.2 Å². The standard InChI is InChI=1S/C16H25N5O3/c1-10(9-13-11(2)18-20(4)12(13)3)17-16(24)14-5-6-15(23)21(19-14)7-8-22/h10,22H,5-9H2,1-4H3,(H,17,24). The lowest BCUT2D eigenvalue weighted by molar-refractivity contribution is -0.132. The third-order valence-corrected chi connectivity index (χ3v) is 4.23. The fourth-order valence-corrected chi connectivity index (χ4v) is 2.81. The molecule has 8 heteroatoms. The van der Waals surface area contributed by atoms with Crippen molar-refractivity contribution in [3.63, 3.8) is 0 Å². The molecule has 0 aromatic carbocycles. The first-order valence-corrected chi connectivity index (χ1v) is 8.12. The smallest absolute Gasteiger partial charge is 0.267 e. The van der Waals surface area contributed by atoms with Crippen molar-refractivity contribution < 1.29 is 14.7 Å². The first kappa shape index (κ1) is 18.1. The molecule has 0 saturated carbocycles. The van der Waals surface area contributed by atoms with E-state index in [9.17, 15) is 9.59 Å². The van der Waals surface area contributed by atoms with Crippen LogP contribution in [0.25, 0.3) is 0 Å². The molecule has 0 spiro atoms. The maximum atomic E-state index is 12.4. The van der Waals surface area contributed by atoms with Gasteiger partial charge in [-0.05, 0) is 32.8 Å². The second-order valence-electron chi connectivity index (χ2n) is 6.14. The minimum absolute atomic E-state index is 0.0780. The second kappa shape index (κ2) is 7.57. The topological polar surface area (TPSA) is 99.8 Å². The van der Waals surface area contributed by atoms with Crippen molar-refractivity contribution >= 4 is 17.5 Å². The van der Waals surface area contributed by atoms with Gasteiger partial charge in [-0.3, -0.25) is 14.3 Å². The van der Waals surface area contributed by atoms with Crippen molar-refractivity contribution in [2.24, 2.45) is 12.1 Å². The second-order valence-corrected chi connectivity index (χ2v) is 6.14. The highest BCUT2D eigenvalue weighted by molar-refractivity contribution is 6.39. The predicted octanol–water partition coefficient (Wildman–Crippen LogP) is 0.0548. The van der Waals surface area contributed by atoms with Crippen LogP contribution in [-0.2, 0) is 23.1 Å². The molecule has 1 aromatic heterocycles. The summed E-state index contributed by atoms with van der Waals surface area (Å²) in [5.41, 5.74) is 3.51. The Labute approximate surface area is 141 Å². The van der Waals surface area contributed by atoms with Crippen LogP contribution in [0.5, 0.6) is 0 Å². The van der Waals surface area contributed by atoms with Gasteiger partial charge < -0.3 is 10.4 Å². The maximum absolute atomic E-state index is 12.4. The molecule has 0 aliphatic carbocycles. The monoisotopic (exact) mass is 335 g/mol. The number of rotatable bonds is 6. The summed E-state index contributed by atoms with van der Waals surface area (Å²) in [5, 5.41) is 21.5. The number of aliphatic hydroxyl groups is 1. The molecule has 1 aliphatic heterocycles. The Morgan fingerprint density at radius 2 is 2.08 bits per heavy atom. The number of hydrazone groups is 1. The highest BCUT2D eigenvalue weighted by Crippen LogP contribution is 2.14. The molecule has 0 bridgehead atoms. The van der Waals surface area contributed by atoms with Gasteiger partial charge in [0.15, 0.2) is 0 Å². The van der Waals surface area contributed by atoms with E-state index in [-0.39, 0.29) is 37.4 Å². The van der Waals surface area contributed by atoms with Crippen LogP contribution < -0.4 is 5.32 Å². The number of amides is 2. The molecule has 1 unspecified atom stereocenters. The summed E-state index contributed by atoms with van der Waals surface area (Å²) in [6.07, 6.45) is 1.25. The lowest BCUT2D eigenvalue weighted by Crippen LogP contribution is -2.43. The van der Waals surface area contributed by atoms with E-state index in [1.165, 1.54) is 5.01 Å². The first-order chi connectivity index (χ1) is 11.3. The molecule has 2 amide bonds. The average molecular weight is 335 g/mol. The van der Waals surface area contributed by atoms with Gasteiger partial charge in [-0.1, -0.05) is 0 Å². The van der Waals surface area contributed by atoms with E-state index >= 15 is 0 Å². The van der Waals surface area contributed by atoms with E-state index in [4.69, 9.17) is 5.11 Å². The van der Waals surface area contributed by atoms with Crippen molar-refractivity contribution in [3.05, 3.63) is 17.0 Å². The van der Waals surface area contributed by atoms with Crippen LogP contribution in [0.1, 0.15) is 36.7 Å². The Bertz CT molecular complexity index is 665. The summed E-state index contributed by atoms with van der Waals surface area (Å²) in [7, 11) is 1.90. The Morgan fingerprint density at radius 1 is 1.38 bits per heavy atom. The molecule has 132 valence electrons. The number of aliphatic hydroxyl groups excluding tert-OH is 1. The highest BCUT2D eigenvalue weighted by Gasteiger charge is 2.25. The van der Waals surface area contributed by atoms with E-state index in [0.29, 0.717) is 18.6 Å². The zero-order valence-electron chi connectivity index (χ0n) is 14.7. The molecule has 1 aliphatic rings. The summed E-state index contributed by atoms with van der Waals surface area (Å²) in [4.78, 5) is 24.0. The maximum Gasteiger partial charge on any atom is 0.267 e. The number of hydrogen-bond acceptors (Lipinski definition) is 5. The van der Waals surface area contributed by atoms with Gasteiger partial charge in [0.1, 0.15) is 5.71 Å². The summed E-state index contributed by atoms with van der Waals surface area (Å²) in [6, 6.07) is -0.0780. The summed E-state index contributed by atoms with van der Waals surface area (Å²) < 4.78 is 1.84. The molecule has 0 fully saturated rings. The zero-order valence-corrected chi connectivity index (χ0v) is 14.7. The average Bonchev–Trinajstić information content (AvgIpc) is 2.76.